The van der Waals surface area contributed by atoms with E-state index < -0.39 is 17.3 Å². The van der Waals surface area contributed by atoms with Crippen LogP contribution in [-0.4, -0.2) is 17.6 Å². The van der Waals surface area contributed by atoms with Gasteiger partial charge >= 0.3 is 0 Å². The van der Waals surface area contributed by atoms with Crippen molar-refractivity contribution in [1.29, 1.82) is 0 Å². The Labute approximate surface area is 124 Å². The predicted molar refractivity (Wildman–Crippen MR) is 77.3 cm³/mol. The average Bonchev–Trinajstić information content (AvgIpc) is 2.45. The number of aromatic nitrogens is 1. The number of ether oxygens (including phenoxy) is 1. The molecule has 0 bridgehead atoms. The number of amides is 1. The number of hydrogen-bond donors (Lipinski definition) is 1. The number of pyridine rings is 1. The van der Waals surface area contributed by atoms with E-state index in [9.17, 15) is 14.0 Å². The number of methoxy groups -OCH3 is 1. The van der Waals surface area contributed by atoms with Crippen LogP contribution in [-0.2, 0) is 11.3 Å². The summed E-state index contributed by atoms with van der Waals surface area (Å²) in [6.45, 7) is -0.189. The molecule has 0 saturated heterocycles. The monoisotopic (exact) mass is 310 g/mol. The molecular weight excluding hydrogens is 299 g/mol. The number of benzene rings is 1. The van der Waals surface area contributed by atoms with Crippen LogP contribution in [0, 0.1) is 5.82 Å². The molecule has 7 heteroatoms. The highest BCUT2D eigenvalue weighted by Gasteiger charge is 2.09. The van der Waals surface area contributed by atoms with Crippen LogP contribution in [0.2, 0.25) is 5.02 Å². The number of rotatable bonds is 4. The lowest BCUT2D eigenvalue weighted by atomic mass is 10.3. The van der Waals surface area contributed by atoms with Gasteiger partial charge in [0.15, 0.2) is 5.75 Å². The van der Waals surface area contributed by atoms with Gasteiger partial charge in [-0.15, -0.1) is 0 Å². The normalized spacial score (nSPS) is 10.2. The zero-order chi connectivity index (χ0) is 15.4. The van der Waals surface area contributed by atoms with Crippen molar-refractivity contribution in [3.63, 3.8) is 0 Å². The van der Waals surface area contributed by atoms with Crippen LogP contribution in [0.25, 0.3) is 0 Å². The third kappa shape index (κ3) is 3.61. The molecule has 0 aliphatic rings. The van der Waals surface area contributed by atoms with E-state index in [0.717, 1.165) is 6.07 Å². The van der Waals surface area contributed by atoms with Gasteiger partial charge < -0.3 is 14.6 Å². The first-order chi connectivity index (χ1) is 10.0. The molecule has 0 aliphatic heterocycles. The predicted octanol–water partition coefficient (Wildman–Crippen LogP) is 2.29. The Kier molecular flexibility index (Phi) is 4.59. The van der Waals surface area contributed by atoms with Gasteiger partial charge in [0.05, 0.1) is 12.1 Å². The smallest absolute Gasteiger partial charge is 0.293 e. The van der Waals surface area contributed by atoms with Crippen molar-refractivity contribution in [3.05, 3.63) is 57.7 Å². The molecule has 1 amide bonds. The number of carbonyl (C=O) groups is 1. The lowest BCUT2D eigenvalue weighted by Crippen LogP contribution is -2.27. The van der Waals surface area contributed by atoms with Crippen LogP contribution in [0.4, 0.5) is 10.1 Å². The van der Waals surface area contributed by atoms with Gasteiger partial charge in [-0.2, -0.15) is 0 Å². The van der Waals surface area contributed by atoms with Crippen LogP contribution in [0.1, 0.15) is 0 Å². The van der Waals surface area contributed by atoms with Crippen LogP contribution >= 0.6 is 11.6 Å². The Bertz CT molecular complexity index is 730. The molecule has 1 N–H and O–H groups in total. The Balaban J connectivity index is 2.12. The van der Waals surface area contributed by atoms with E-state index >= 15 is 0 Å². The average molecular weight is 311 g/mol. The fourth-order valence-corrected chi connectivity index (χ4v) is 1.90. The SMILES string of the molecule is COc1cccn(CC(=O)Nc2ccc(F)c(Cl)c2)c1=O. The molecule has 0 atom stereocenters. The number of hydrogen-bond acceptors (Lipinski definition) is 3. The molecule has 2 rings (SSSR count). The van der Waals surface area contributed by atoms with E-state index in [4.69, 9.17) is 16.3 Å². The molecule has 21 heavy (non-hydrogen) atoms. The molecular formula is C14H12ClFN2O3. The third-order valence-corrected chi connectivity index (χ3v) is 3.01. The van der Waals surface area contributed by atoms with Crippen molar-refractivity contribution in [3.8, 4) is 5.75 Å². The number of nitrogens with one attached hydrogen (secondary N) is 1. The molecule has 1 aromatic carbocycles. The first kappa shape index (κ1) is 15.1. The summed E-state index contributed by atoms with van der Waals surface area (Å²) in [6.07, 6.45) is 1.47. The highest BCUT2D eigenvalue weighted by Crippen LogP contribution is 2.19. The van der Waals surface area contributed by atoms with Gasteiger partial charge in [-0.3, -0.25) is 9.59 Å². The zero-order valence-electron chi connectivity index (χ0n) is 11.1. The first-order valence-corrected chi connectivity index (χ1v) is 6.37. The summed E-state index contributed by atoms with van der Waals surface area (Å²) in [6, 6.07) is 6.94. The summed E-state index contributed by atoms with van der Waals surface area (Å²) < 4.78 is 19.1. The molecule has 0 radical (unpaired) electrons. The van der Waals surface area contributed by atoms with Gasteiger partial charge in [-0.05, 0) is 30.3 Å². The van der Waals surface area contributed by atoms with E-state index in [1.807, 2.05) is 0 Å². The second kappa shape index (κ2) is 6.41. The summed E-state index contributed by atoms with van der Waals surface area (Å²) in [7, 11) is 1.38. The van der Waals surface area contributed by atoms with Gasteiger partial charge in [0.25, 0.3) is 5.56 Å². The highest BCUT2D eigenvalue weighted by atomic mass is 35.5. The van der Waals surface area contributed by atoms with Crippen molar-refractivity contribution in [1.82, 2.24) is 4.57 Å². The summed E-state index contributed by atoms with van der Waals surface area (Å²) in [5.74, 6) is -0.859. The topological polar surface area (TPSA) is 60.3 Å². The van der Waals surface area contributed by atoms with Crippen molar-refractivity contribution >= 4 is 23.2 Å². The van der Waals surface area contributed by atoms with Crippen LogP contribution < -0.4 is 15.6 Å². The highest BCUT2D eigenvalue weighted by molar-refractivity contribution is 6.31. The summed E-state index contributed by atoms with van der Waals surface area (Å²) in [4.78, 5) is 23.8. The first-order valence-electron chi connectivity index (χ1n) is 5.99. The van der Waals surface area contributed by atoms with E-state index in [1.54, 1.807) is 6.07 Å². The Hall–Kier alpha value is -2.34. The van der Waals surface area contributed by atoms with E-state index in [0.29, 0.717) is 5.69 Å². The number of halogens is 2. The summed E-state index contributed by atoms with van der Waals surface area (Å²) >= 11 is 5.62. The van der Waals surface area contributed by atoms with Crippen molar-refractivity contribution in [2.24, 2.45) is 0 Å². The van der Waals surface area contributed by atoms with Gasteiger partial charge in [-0.1, -0.05) is 11.6 Å². The maximum Gasteiger partial charge on any atom is 0.293 e. The molecule has 1 aromatic heterocycles. The van der Waals surface area contributed by atoms with E-state index in [1.165, 1.54) is 36.1 Å². The lowest BCUT2D eigenvalue weighted by molar-refractivity contribution is -0.116. The fourth-order valence-electron chi connectivity index (χ4n) is 1.72. The molecule has 5 nitrogen and oxygen atoms in total. The van der Waals surface area contributed by atoms with Gasteiger partial charge in [0.1, 0.15) is 12.4 Å². The van der Waals surface area contributed by atoms with Crippen molar-refractivity contribution in [2.45, 2.75) is 6.54 Å². The number of anilines is 1. The fraction of sp³-hybridized carbons (Fsp3) is 0.143. The van der Waals surface area contributed by atoms with Gasteiger partial charge in [0, 0.05) is 11.9 Å². The molecule has 0 spiro atoms. The molecule has 0 aliphatic carbocycles. The number of nitrogens with zero attached hydrogens (tertiary/aromatic N) is 1. The third-order valence-electron chi connectivity index (χ3n) is 2.72. The summed E-state index contributed by atoms with van der Waals surface area (Å²) in [5.41, 5.74) is -0.0605. The van der Waals surface area contributed by atoms with Gasteiger partial charge in [-0.25, -0.2) is 4.39 Å². The molecule has 0 fully saturated rings. The quantitative estimate of drug-likeness (QED) is 0.942. The molecule has 1 heterocycles. The van der Waals surface area contributed by atoms with E-state index in [2.05, 4.69) is 5.32 Å². The number of carbonyl (C=O) groups excluding carboxylic acids is 1. The van der Waals surface area contributed by atoms with Crippen molar-refractivity contribution < 1.29 is 13.9 Å². The second-order valence-corrected chi connectivity index (χ2v) is 4.59. The van der Waals surface area contributed by atoms with Gasteiger partial charge in [0.2, 0.25) is 5.91 Å². The maximum atomic E-state index is 13.0. The van der Waals surface area contributed by atoms with Crippen LogP contribution in [0.5, 0.6) is 5.75 Å². The minimum Gasteiger partial charge on any atom is -0.491 e. The molecule has 0 saturated carbocycles. The Morgan fingerprint density at radius 3 is 2.86 bits per heavy atom. The minimum absolute atomic E-state index is 0.0913. The molecule has 110 valence electrons. The standard InChI is InChI=1S/C14H12ClFN2O3/c1-21-12-3-2-6-18(14(12)20)8-13(19)17-9-4-5-11(16)10(15)7-9/h2-7H,8H2,1H3,(H,17,19). The Morgan fingerprint density at radius 1 is 1.43 bits per heavy atom. The van der Waals surface area contributed by atoms with Crippen LogP contribution in [0.3, 0.4) is 0 Å². The molecule has 2 aromatic rings. The Morgan fingerprint density at radius 2 is 2.19 bits per heavy atom. The largest absolute Gasteiger partial charge is 0.491 e. The maximum absolute atomic E-state index is 13.0. The minimum atomic E-state index is -0.571. The van der Waals surface area contributed by atoms with Crippen LogP contribution in [0.15, 0.2) is 41.3 Å². The lowest BCUT2D eigenvalue weighted by Gasteiger charge is -2.09. The second-order valence-electron chi connectivity index (χ2n) is 4.19. The molecule has 0 unspecified atom stereocenters. The van der Waals surface area contributed by atoms with E-state index in [-0.39, 0.29) is 17.3 Å². The van der Waals surface area contributed by atoms with Crippen molar-refractivity contribution in [2.75, 3.05) is 12.4 Å². The summed E-state index contributed by atoms with van der Waals surface area (Å²) in [5, 5.41) is 2.44. The zero-order valence-corrected chi connectivity index (χ0v) is 11.9.